The zero-order valence-electron chi connectivity index (χ0n) is 14.3. The Morgan fingerprint density at radius 1 is 1.50 bits per heavy atom. The van der Waals surface area contributed by atoms with E-state index in [4.69, 9.17) is 0 Å². The first-order valence-corrected chi connectivity index (χ1v) is 9.07. The molecule has 1 aliphatic heterocycles. The summed E-state index contributed by atoms with van der Waals surface area (Å²) in [7, 11) is 2.08. The summed E-state index contributed by atoms with van der Waals surface area (Å²) in [6.07, 6.45) is 2.31. The molecule has 2 atom stereocenters. The highest BCUT2D eigenvalue weighted by atomic mass is 32.1. The normalized spacial score (nSPS) is 23.0. The summed E-state index contributed by atoms with van der Waals surface area (Å²) in [5.41, 5.74) is 0. The van der Waals surface area contributed by atoms with Gasteiger partial charge < -0.3 is 10.2 Å². The van der Waals surface area contributed by atoms with E-state index in [0.717, 1.165) is 25.9 Å². The van der Waals surface area contributed by atoms with E-state index >= 15 is 0 Å². The van der Waals surface area contributed by atoms with Gasteiger partial charge >= 0.3 is 0 Å². The fourth-order valence-electron chi connectivity index (χ4n) is 3.24. The number of carbonyl (C=O) groups is 1. The van der Waals surface area contributed by atoms with E-state index in [-0.39, 0.29) is 5.91 Å². The van der Waals surface area contributed by atoms with E-state index in [1.807, 2.05) is 0 Å². The van der Waals surface area contributed by atoms with Crippen molar-refractivity contribution in [3.8, 4) is 0 Å². The maximum Gasteiger partial charge on any atom is 0.234 e. The summed E-state index contributed by atoms with van der Waals surface area (Å²) in [6.45, 7) is 10.0. The molecule has 2 rings (SSSR count). The predicted octanol–water partition coefficient (Wildman–Crippen LogP) is 2.48. The molecular weight excluding hydrogens is 294 g/mol. The van der Waals surface area contributed by atoms with Crippen LogP contribution in [0.15, 0.2) is 12.1 Å². The number of carbonyl (C=O) groups excluding carboxylic acids is 1. The summed E-state index contributed by atoms with van der Waals surface area (Å²) >= 11 is 1.75. The molecule has 1 amide bonds. The third kappa shape index (κ3) is 4.80. The van der Waals surface area contributed by atoms with E-state index in [2.05, 4.69) is 55.1 Å². The van der Waals surface area contributed by atoms with Crippen molar-refractivity contribution in [2.45, 2.75) is 52.2 Å². The lowest BCUT2D eigenvalue weighted by molar-refractivity contribution is -0.122. The SMILES string of the molecule is CCN1CCC(N(C)CC(=O)NCc2ccc(C)s2)CC1C. The van der Waals surface area contributed by atoms with Crippen LogP contribution in [0.2, 0.25) is 0 Å². The number of nitrogens with one attached hydrogen (secondary N) is 1. The molecule has 0 bridgehead atoms. The van der Waals surface area contributed by atoms with Gasteiger partial charge in [-0.1, -0.05) is 6.92 Å². The highest BCUT2D eigenvalue weighted by molar-refractivity contribution is 7.11. The van der Waals surface area contributed by atoms with Crippen molar-refractivity contribution in [2.24, 2.45) is 0 Å². The van der Waals surface area contributed by atoms with E-state index in [1.165, 1.54) is 9.75 Å². The summed E-state index contributed by atoms with van der Waals surface area (Å²) in [5, 5.41) is 3.03. The number of amides is 1. The lowest BCUT2D eigenvalue weighted by Crippen LogP contribution is -2.49. The number of piperidine rings is 1. The molecule has 1 saturated heterocycles. The van der Waals surface area contributed by atoms with Crippen molar-refractivity contribution in [3.05, 3.63) is 21.9 Å². The third-order valence-corrected chi connectivity index (χ3v) is 5.67. The molecule has 124 valence electrons. The van der Waals surface area contributed by atoms with Crippen LogP contribution in [0, 0.1) is 6.92 Å². The Morgan fingerprint density at radius 3 is 2.86 bits per heavy atom. The standard InChI is InChI=1S/C17H29N3OS/c1-5-20-9-8-15(10-13(20)2)19(4)12-17(21)18-11-16-7-6-14(3)22-16/h6-7,13,15H,5,8-12H2,1-4H3,(H,18,21). The Labute approximate surface area is 138 Å². The molecule has 5 heteroatoms. The minimum Gasteiger partial charge on any atom is -0.350 e. The Morgan fingerprint density at radius 2 is 2.27 bits per heavy atom. The van der Waals surface area contributed by atoms with Gasteiger partial charge in [-0.15, -0.1) is 11.3 Å². The summed E-state index contributed by atoms with van der Waals surface area (Å²) < 4.78 is 0. The maximum atomic E-state index is 12.1. The number of hydrogen-bond donors (Lipinski definition) is 1. The van der Waals surface area contributed by atoms with E-state index in [0.29, 0.717) is 25.2 Å². The lowest BCUT2D eigenvalue weighted by atomic mass is 9.97. The van der Waals surface area contributed by atoms with Gasteiger partial charge in [0.05, 0.1) is 13.1 Å². The molecule has 1 N–H and O–H groups in total. The van der Waals surface area contributed by atoms with Crippen LogP contribution in [0.5, 0.6) is 0 Å². The Hall–Kier alpha value is -0.910. The monoisotopic (exact) mass is 323 g/mol. The van der Waals surface area contributed by atoms with Crippen LogP contribution in [-0.2, 0) is 11.3 Å². The lowest BCUT2D eigenvalue weighted by Gasteiger charge is -2.40. The molecule has 1 aromatic rings. The van der Waals surface area contributed by atoms with Gasteiger partial charge in [0.2, 0.25) is 5.91 Å². The van der Waals surface area contributed by atoms with Crippen LogP contribution in [0.1, 0.15) is 36.4 Å². The number of rotatable bonds is 6. The number of likely N-dealkylation sites (N-methyl/N-ethyl adjacent to an activating group) is 1. The van der Waals surface area contributed by atoms with Gasteiger partial charge in [-0.25, -0.2) is 0 Å². The molecular formula is C17H29N3OS. The highest BCUT2D eigenvalue weighted by Crippen LogP contribution is 2.20. The molecule has 0 aromatic carbocycles. The predicted molar refractivity (Wildman–Crippen MR) is 93.3 cm³/mol. The first-order chi connectivity index (χ1) is 10.5. The Balaban J connectivity index is 1.74. The molecule has 22 heavy (non-hydrogen) atoms. The van der Waals surface area contributed by atoms with Crippen LogP contribution >= 0.6 is 11.3 Å². The van der Waals surface area contributed by atoms with Crippen LogP contribution in [0.4, 0.5) is 0 Å². The molecule has 0 aliphatic carbocycles. The van der Waals surface area contributed by atoms with Crippen molar-refractivity contribution in [1.82, 2.24) is 15.1 Å². The van der Waals surface area contributed by atoms with Crippen LogP contribution in [0.3, 0.4) is 0 Å². The summed E-state index contributed by atoms with van der Waals surface area (Å²) in [4.78, 5) is 19.4. The zero-order chi connectivity index (χ0) is 16.1. The summed E-state index contributed by atoms with van der Waals surface area (Å²) in [6, 6.07) is 5.32. The average molecular weight is 324 g/mol. The number of hydrogen-bond acceptors (Lipinski definition) is 4. The van der Waals surface area contributed by atoms with Gasteiger partial charge in [0.15, 0.2) is 0 Å². The first kappa shape index (κ1) is 17.4. The minimum atomic E-state index is 0.124. The smallest absolute Gasteiger partial charge is 0.234 e. The third-order valence-electron chi connectivity index (χ3n) is 4.66. The molecule has 1 aliphatic rings. The van der Waals surface area contributed by atoms with Gasteiger partial charge in [0.25, 0.3) is 0 Å². The minimum absolute atomic E-state index is 0.124. The van der Waals surface area contributed by atoms with E-state index in [1.54, 1.807) is 11.3 Å². The van der Waals surface area contributed by atoms with Gasteiger partial charge in [-0.3, -0.25) is 9.69 Å². The Bertz CT molecular complexity index is 488. The number of likely N-dealkylation sites (tertiary alicyclic amines) is 1. The molecule has 0 spiro atoms. The zero-order valence-corrected chi connectivity index (χ0v) is 15.1. The quantitative estimate of drug-likeness (QED) is 0.873. The molecule has 1 aromatic heterocycles. The molecule has 1 fully saturated rings. The molecule has 2 heterocycles. The topological polar surface area (TPSA) is 35.6 Å². The molecule has 2 unspecified atom stereocenters. The molecule has 4 nitrogen and oxygen atoms in total. The largest absolute Gasteiger partial charge is 0.350 e. The van der Waals surface area contributed by atoms with Gasteiger partial charge in [-0.05, 0) is 59.0 Å². The van der Waals surface area contributed by atoms with Crippen LogP contribution in [0.25, 0.3) is 0 Å². The van der Waals surface area contributed by atoms with Crippen molar-refractivity contribution in [2.75, 3.05) is 26.7 Å². The van der Waals surface area contributed by atoms with Gasteiger partial charge in [-0.2, -0.15) is 0 Å². The second-order valence-electron chi connectivity index (χ2n) is 6.36. The number of aryl methyl sites for hydroxylation is 1. The van der Waals surface area contributed by atoms with Crippen molar-refractivity contribution < 1.29 is 4.79 Å². The van der Waals surface area contributed by atoms with E-state index < -0.39 is 0 Å². The van der Waals surface area contributed by atoms with Crippen molar-refractivity contribution >= 4 is 17.2 Å². The van der Waals surface area contributed by atoms with Crippen molar-refractivity contribution in [3.63, 3.8) is 0 Å². The number of nitrogens with zero attached hydrogens (tertiary/aromatic N) is 2. The van der Waals surface area contributed by atoms with E-state index in [9.17, 15) is 4.79 Å². The van der Waals surface area contributed by atoms with Gasteiger partial charge in [0.1, 0.15) is 0 Å². The van der Waals surface area contributed by atoms with Crippen LogP contribution in [-0.4, -0.2) is 54.5 Å². The van der Waals surface area contributed by atoms with Gasteiger partial charge in [0, 0.05) is 21.8 Å². The van der Waals surface area contributed by atoms with Crippen molar-refractivity contribution in [1.29, 1.82) is 0 Å². The Kier molecular flexibility index (Phi) is 6.41. The fourth-order valence-corrected chi connectivity index (χ4v) is 4.07. The maximum absolute atomic E-state index is 12.1. The first-order valence-electron chi connectivity index (χ1n) is 8.26. The summed E-state index contributed by atoms with van der Waals surface area (Å²) in [5.74, 6) is 0.124. The average Bonchev–Trinajstić information content (AvgIpc) is 2.90. The fraction of sp³-hybridized carbons (Fsp3) is 0.706. The second kappa shape index (κ2) is 8.09. The van der Waals surface area contributed by atoms with Crippen LogP contribution < -0.4 is 5.32 Å². The second-order valence-corrected chi connectivity index (χ2v) is 7.73. The number of thiophene rings is 1. The molecule has 0 saturated carbocycles. The highest BCUT2D eigenvalue weighted by Gasteiger charge is 2.27. The molecule has 0 radical (unpaired) electrons.